The summed E-state index contributed by atoms with van der Waals surface area (Å²) in [5.41, 5.74) is 2.03. The molecule has 4 aliphatic rings. The third-order valence-corrected chi connectivity index (χ3v) is 10.6. The maximum Gasteiger partial charge on any atom is 0.136 e. The Kier molecular flexibility index (Phi) is 5.37. The van der Waals surface area contributed by atoms with Crippen molar-refractivity contribution < 1.29 is 9.53 Å². The Balaban J connectivity index is 1.40. The predicted molar refractivity (Wildman–Crippen MR) is 121 cm³/mol. The number of fused-ring (bicyclic) bond motifs is 5. The topological polar surface area (TPSA) is 26.3 Å². The summed E-state index contributed by atoms with van der Waals surface area (Å²) in [7, 11) is 1.90. The summed E-state index contributed by atoms with van der Waals surface area (Å²) < 4.78 is 5.77. The van der Waals surface area contributed by atoms with Gasteiger partial charge in [0.15, 0.2) is 0 Å². The maximum atomic E-state index is 13.2. The first-order chi connectivity index (χ1) is 14.5. The first-order valence-corrected chi connectivity index (χ1v) is 12.5. The van der Waals surface area contributed by atoms with Crippen LogP contribution in [0.3, 0.4) is 0 Å². The molecule has 164 valence electrons. The Morgan fingerprint density at radius 3 is 2.43 bits per heavy atom. The normalized spacial score (nSPS) is 45.9. The molecule has 0 aromatic heterocycles. The molecule has 1 aromatic rings. The van der Waals surface area contributed by atoms with E-state index in [1.165, 1.54) is 50.5 Å². The summed E-state index contributed by atoms with van der Waals surface area (Å²) in [6.07, 6.45) is 12.6. The van der Waals surface area contributed by atoms with Gasteiger partial charge in [-0.1, -0.05) is 44.2 Å². The fraction of sp³-hybridized carbons (Fsp3) is 0.750. The number of methoxy groups -OCH3 is 1. The first kappa shape index (κ1) is 20.7. The number of ketones is 1. The molecule has 0 aliphatic heterocycles. The van der Waals surface area contributed by atoms with E-state index in [9.17, 15) is 4.79 Å². The summed E-state index contributed by atoms with van der Waals surface area (Å²) in [5.74, 6) is 4.02. The molecule has 1 aromatic carbocycles. The van der Waals surface area contributed by atoms with Gasteiger partial charge in [0.1, 0.15) is 5.78 Å². The van der Waals surface area contributed by atoms with E-state index in [4.69, 9.17) is 4.74 Å². The highest BCUT2D eigenvalue weighted by Crippen LogP contribution is 2.66. The zero-order valence-electron chi connectivity index (χ0n) is 19.2. The average Bonchev–Trinajstić information content (AvgIpc) is 2.76. The van der Waals surface area contributed by atoms with Crippen LogP contribution in [-0.4, -0.2) is 19.0 Å². The van der Waals surface area contributed by atoms with E-state index in [1.54, 1.807) is 0 Å². The number of hydrogen-bond acceptors (Lipinski definition) is 2. The third-order valence-electron chi connectivity index (χ3n) is 10.6. The van der Waals surface area contributed by atoms with Gasteiger partial charge in [-0.05, 0) is 97.9 Å². The molecule has 0 amide bonds. The van der Waals surface area contributed by atoms with Crippen LogP contribution in [0, 0.1) is 40.4 Å². The molecule has 4 saturated carbocycles. The molecule has 5 rings (SSSR count). The second-order valence-electron chi connectivity index (χ2n) is 11.6. The highest BCUT2D eigenvalue weighted by atomic mass is 16.5. The zero-order valence-corrected chi connectivity index (χ0v) is 19.2. The van der Waals surface area contributed by atoms with E-state index in [0.717, 1.165) is 42.9 Å². The Morgan fingerprint density at radius 2 is 1.67 bits per heavy atom. The van der Waals surface area contributed by atoms with E-state index in [1.807, 2.05) is 7.11 Å². The molecule has 0 spiro atoms. The fourth-order valence-corrected chi connectivity index (χ4v) is 8.79. The third kappa shape index (κ3) is 3.20. The molecule has 4 fully saturated rings. The van der Waals surface area contributed by atoms with Gasteiger partial charge in [-0.3, -0.25) is 4.79 Å². The smallest absolute Gasteiger partial charge is 0.136 e. The van der Waals surface area contributed by atoms with Crippen molar-refractivity contribution in [1.29, 1.82) is 0 Å². The minimum Gasteiger partial charge on any atom is -0.381 e. The van der Waals surface area contributed by atoms with E-state index >= 15 is 0 Å². The Morgan fingerprint density at radius 1 is 0.933 bits per heavy atom. The molecular formula is C28H40O2. The molecule has 0 unspecified atom stereocenters. The summed E-state index contributed by atoms with van der Waals surface area (Å²) in [6.45, 7) is 5.12. The van der Waals surface area contributed by atoms with Gasteiger partial charge in [0, 0.05) is 19.4 Å². The van der Waals surface area contributed by atoms with Crippen molar-refractivity contribution in [1.82, 2.24) is 0 Å². The lowest BCUT2D eigenvalue weighted by Crippen LogP contribution is -2.58. The van der Waals surface area contributed by atoms with E-state index in [0.29, 0.717) is 17.3 Å². The molecule has 0 heterocycles. The molecule has 0 saturated heterocycles. The minimum atomic E-state index is 0.194. The molecule has 2 nitrogen and oxygen atoms in total. The van der Waals surface area contributed by atoms with Crippen molar-refractivity contribution >= 4 is 5.78 Å². The quantitative estimate of drug-likeness (QED) is 0.573. The van der Waals surface area contributed by atoms with Gasteiger partial charge in [0.05, 0.1) is 6.10 Å². The van der Waals surface area contributed by atoms with Crippen LogP contribution < -0.4 is 0 Å². The van der Waals surface area contributed by atoms with Gasteiger partial charge in [-0.2, -0.15) is 0 Å². The Labute approximate surface area is 183 Å². The number of Topliss-reactive ketones (excluding diaryl/α,β-unsaturated/α-hetero) is 1. The Hall–Kier alpha value is -1.15. The van der Waals surface area contributed by atoms with Gasteiger partial charge in [-0.25, -0.2) is 0 Å². The van der Waals surface area contributed by atoms with Crippen molar-refractivity contribution in [2.45, 2.75) is 84.2 Å². The van der Waals surface area contributed by atoms with E-state index in [-0.39, 0.29) is 11.3 Å². The summed E-state index contributed by atoms with van der Waals surface area (Å²) in [4.78, 5) is 13.2. The van der Waals surface area contributed by atoms with Crippen LogP contribution in [0.25, 0.3) is 0 Å². The van der Waals surface area contributed by atoms with Crippen molar-refractivity contribution in [3.8, 4) is 0 Å². The molecule has 30 heavy (non-hydrogen) atoms. The lowest BCUT2D eigenvalue weighted by molar-refractivity contribution is -0.163. The van der Waals surface area contributed by atoms with Crippen LogP contribution in [0.4, 0.5) is 0 Å². The highest BCUT2D eigenvalue weighted by Gasteiger charge is 2.60. The second kappa shape index (κ2) is 7.76. The SMILES string of the molecule is CO[C@H]1CC[C@@]2(C)[C@@H](CC[C@@H]3[C@@H]2CC[C@]2(C)[C@@H](Cc4ccccc4)C(=O)CC[C@@H]32)C1. The molecule has 4 aliphatic carbocycles. The first-order valence-electron chi connectivity index (χ1n) is 12.5. The molecule has 0 N–H and O–H groups in total. The van der Waals surface area contributed by atoms with Crippen molar-refractivity contribution in [2.75, 3.05) is 7.11 Å². The summed E-state index contributed by atoms with van der Waals surface area (Å²) >= 11 is 0. The van der Waals surface area contributed by atoms with Gasteiger partial charge in [0.2, 0.25) is 0 Å². The molecule has 8 atom stereocenters. The largest absolute Gasteiger partial charge is 0.381 e. The summed E-state index contributed by atoms with van der Waals surface area (Å²) in [5, 5.41) is 0. The molecule has 0 bridgehead atoms. The Bertz CT molecular complexity index is 772. The molecule has 2 heteroatoms. The second-order valence-corrected chi connectivity index (χ2v) is 11.6. The van der Waals surface area contributed by atoms with Crippen LogP contribution in [-0.2, 0) is 16.0 Å². The zero-order chi connectivity index (χ0) is 20.9. The van der Waals surface area contributed by atoms with Crippen LogP contribution in [0.2, 0.25) is 0 Å². The monoisotopic (exact) mass is 408 g/mol. The van der Waals surface area contributed by atoms with E-state index < -0.39 is 0 Å². The molecule has 0 radical (unpaired) electrons. The summed E-state index contributed by atoms with van der Waals surface area (Å²) in [6, 6.07) is 10.8. The van der Waals surface area contributed by atoms with E-state index in [2.05, 4.69) is 44.2 Å². The van der Waals surface area contributed by atoms with Crippen molar-refractivity contribution in [3.63, 3.8) is 0 Å². The van der Waals surface area contributed by atoms with Crippen LogP contribution in [0.5, 0.6) is 0 Å². The standard InChI is InChI=1S/C28H40O2/c1-27-15-13-21(30-3)18-20(27)9-10-22-23-11-12-26(29)25(17-19-7-5-4-6-8-19)28(23,2)16-14-24(22)27/h4-8,20-25H,9-18H2,1-3H3/t20-,21-,22-,23-,24-,25-,27-,28-/m0/s1. The number of carbonyl (C=O) groups is 1. The number of hydrogen-bond donors (Lipinski definition) is 0. The van der Waals surface area contributed by atoms with Crippen molar-refractivity contribution in [3.05, 3.63) is 35.9 Å². The number of benzene rings is 1. The highest BCUT2D eigenvalue weighted by molar-refractivity contribution is 5.83. The minimum absolute atomic E-state index is 0.194. The maximum absolute atomic E-state index is 13.2. The van der Waals surface area contributed by atoms with Crippen LogP contribution in [0.1, 0.15) is 77.2 Å². The number of ether oxygens (including phenoxy) is 1. The van der Waals surface area contributed by atoms with Gasteiger partial charge in [-0.15, -0.1) is 0 Å². The van der Waals surface area contributed by atoms with Gasteiger partial charge < -0.3 is 4.74 Å². The van der Waals surface area contributed by atoms with Gasteiger partial charge in [0.25, 0.3) is 0 Å². The van der Waals surface area contributed by atoms with Crippen LogP contribution in [0.15, 0.2) is 30.3 Å². The number of rotatable bonds is 3. The fourth-order valence-electron chi connectivity index (χ4n) is 8.79. The van der Waals surface area contributed by atoms with Crippen LogP contribution >= 0.6 is 0 Å². The lowest BCUT2D eigenvalue weighted by Gasteiger charge is -2.63. The predicted octanol–water partition coefficient (Wildman–Crippen LogP) is 6.47. The van der Waals surface area contributed by atoms with Gasteiger partial charge >= 0.3 is 0 Å². The lowest BCUT2D eigenvalue weighted by atomic mass is 9.41. The van der Waals surface area contributed by atoms with Crippen molar-refractivity contribution in [2.24, 2.45) is 40.4 Å². The number of carbonyl (C=O) groups excluding carboxylic acids is 1. The molecular weight excluding hydrogens is 368 g/mol. The average molecular weight is 409 g/mol.